The van der Waals surface area contributed by atoms with Crippen LogP contribution in [0, 0.1) is 0 Å². The summed E-state index contributed by atoms with van der Waals surface area (Å²) in [6.45, 7) is 8.45. The number of hydrogen-bond acceptors (Lipinski definition) is 1. The number of rotatable bonds is 4. The lowest BCUT2D eigenvalue weighted by Crippen LogP contribution is -2.32. The summed E-state index contributed by atoms with van der Waals surface area (Å²) in [5, 5.41) is 0. The Morgan fingerprint density at radius 2 is 1.73 bits per heavy atom. The summed E-state index contributed by atoms with van der Waals surface area (Å²) in [5.41, 5.74) is 1.30. The minimum atomic E-state index is 0.334. The first-order valence-electron chi connectivity index (χ1n) is 5.54. The van der Waals surface area contributed by atoms with E-state index in [1.807, 2.05) is 6.07 Å². The fourth-order valence-electron chi connectivity index (χ4n) is 1.69. The van der Waals surface area contributed by atoms with Crippen molar-refractivity contribution in [1.82, 2.24) is 4.90 Å². The third-order valence-electron chi connectivity index (χ3n) is 2.75. The van der Waals surface area contributed by atoms with E-state index in [0.717, 1.165) is 18.1 Å². The Morgan fingerprint density at radius 3 is 2.20 bits per heavy atom. The van der Waals surface area contributed by atoms with Crippen LogP contribution in [0.3, 0.4) is 0 Å². The average Bonchev–Trinajstić information content (AvgIpc) is 2.30. The molecule has 1 unspecified atom stereocenters. The Kier molecular flexibility index (Phi) is 4.76. The summed E-state index contributed by atoms with van der Waals surface area (Å²) in [5.74, 6) is 0.334. The highest BCUT2D eigenvalue weighted by molar-refractivity contribution is 7.80. The van der Waals surface area contributed by atoms with Gasteiger partial charge < -0.3 is 4.90 Å². The van der Waals surface area contributed by atoms with E-state index in [1.54, 1.807) is 0 Å². The van der Waals surface area contributed by atoms with Crippen LogP contribution in [0.2, 0.25) is 0 Å². The summed E-state index contributed by atoms with van der Waals surface area (Å²) >= 11 is 5.50. The van der Waals surface area contributed by atoms with Crippen molar-refractivity contribution >= 4 is 17.2 Å². The van der Waals surface area contributed by atoms with Gasteiger partial charge in [-0.25, -0.2) is 0 Å². The van der Waals surface area contributed by atoms with Gasteiger partial charge in [0, 0.05) is 19.0 Å². The molecule has 0 fully saturated rings. The first-order valence-corrected chi connectivity index (χ1v) is 5.95. The zero-order chi connectivity index (χ0) is 11.3. The minimum absolute atomic E-state index is 0.334. The molecule has 0 spiro atoms. The minimum Gasteiger partial charge on any atom is -0.366 e. The van der Waals surface area contributed by atoms with E-state index in [0.29, 0.717) is 5.92 Å². The highest BCUT2D eigenvalue weighted by Gasteiger charge is 2.14. The summed E-state index contributed by atoms with van der Waals surface area (Å²) in [7, 11) is 0. The molecule has 0 saturated carbocycles. The van der Waals surface area contributed by atoms with Gasteiger partial charge in [-0.15, -0.1) is 0 Å². The Labute approximate surface area is 98.1 Å². The van der Waals surface area contributed by atoms with Crippen LogP contribution in [0.25, 0.3) is 0 Å². The molecule has 0 aromatic heterocycles. The predicted molar refractivity (Wildman–Crippen MR) is 70.4 cm³/mol. The molecule has 1 aromatic rings. The molecule has 2 heteroatoms. The van der Waals surface area contributed by atoms with Gasteiger partial charge in [0.15, 0.2) is 0 Å². The van der Waals surface area contributed by atoms with Crippen molar-refractivity contribution in [2.75, 3.05) is 13.1 Å². The summed E-state index contributed by atoms with van der Waals surface area (Å²) in [6.07, 6.45) is 0. The topological polar surface area (TPSA) is 3.24 Å². The Morgan fingerprint density at radius 1 is 1.20 bits per heavy atom. The highest BCUT2D eigenvalue weighted by atomic mass is 32.1. The third kappa shape index (κ3) is 3.03. The maximum atomic E-state index is 5.50. The summed E-state index contributed by atoms with van der Waals surface area (Å²) in [6, 6.07) is 10.4. The fourth-order valence-corrected chi connectivity index (χ4v) is 2.09. The standard InChI is InChI=1S/C13H19NS/c1-4-14(5-2)13(15)11(3)12-9-7-6-8-10-12/h6-11H,4-5H2,1-3H3. The second kappa shape index (κ2) is 5.86. The molecular formula is C13H19NS. The molecule has 0 N–H and O–H groups in total. The molecule has 0 amide bonds. The molecule has 0 aliphatic rings. The van der Waals surface area contributed by atoms with Crippen molar-refractivity contribution < 1.29 is 0 Å². The molecular weight excluding hydrogens is 202 g/mol. The van der Waals surface area contributed by atoms with Crippen molar-refractivity contribution in [1.29, 1.82) is 0 Å². The van der Waals surface area contributed by atoms with Crippen LogP contribution in [0.1, 0.15) is 32.3 Å². The number of nitrogens with zero attached hydrogens (tertiary/aromatic N) is 1. The normalized spacial score (nSPS) is 12.2. The highest BCUT2D eigenvalue weighted by Crippen LogP contribution is 2.18. The Bertz CT molecular complexity index is 304. The molecule has 1 nitrogen and oxygen atoms in total. The lowest BCUT2D eigenvalue weighted by Gasteiger charge is -2.26. The fraction of sp³-hybridized carbons (Fsp3) is 0.462. The van der Waals surface area contributed by atoms with E-state index < -0.39 is 0 Å². The van der Waals surface area contributed by atoms with E-state index in [2.05, 4.69) is 49.9 Å². The summed E-state index contributed by atoms with van der Waals surface area (Å²) < 4.78 is 0. The molecule has 0 saturated heterocycles. The van der Waals surface area contributed by atoms with Crippen LogP contribution < -0.4 is 0 Å². The number of thiocarbonyl (C=S) groups is 1. The maximum Gasteiger partial charge on any atom is 0.0852 e. The lowest BCUT2D eigenvalue weighted by atomic mass is 10.0. The Balaban J connectivity index is 2.76. The molecule has 1 aromatic carbocycles. The van der Waals surface area contributed by atoms with Gasteiger partial charge >= 0.3 is 0 Å². The molecule has 0 heterocycles. The van der Waals surface area contributed by atoms with Crippen LogP contribution in [-0.2, 0) is 0 Å². The maximum absolute atomic E-state index is 5.50. The van der Waals surface area contributed by atoms with Gasteiger partial charge in [0.25, 0.3) is 0 Å². The zero-order valence-electron chi connectivity index (χ0n) is 9.73. The second-order valence-corrected chi connectivity index (χ2v) is 4.06. The molecule has 1 rings (SSSR count). The van der Waals surface area contributed by atoms with Gasteiger partial charge in [0.05, 0.1) is 4.99 Å². The SMILES string of the molecule is CCN(CC)C(=S)C(C)c1ccccc1. The van der Waals surface area contributed by atoms with Crippen LogP contribution in [0.5, 0.6) is 0 Å². The van der Waals surface area contributed by atoms with E-state index in [4.69, 9.17) is 12.2 Å². The quantitative estimate of drug-likeness (QED) is 0.716. The van der Waals surface area contributed by atoms with Gasteiger partial charge in [-0.2, -0.15) is 0 Å². The monoisotopic (exact) mass is 221 g/mol. The van der Waals surface area contributed by atoms with Gasteiger partial charge in [0.2, 0.25) is 0 Å². The lowest BCUT2D eigenvalue weighted by molar-refractivity contribution is 0.460. The average molecular weight is 221 g/mol. The van der Waals surface area contributed by atoms with Gasteiger partial charge in [-0.1, -0.05) is 49.5 Å². The summed E-state index contributed by atoms with van der Waals surface area (Å²) in [4.78, 5) is 3.29. The van der Waals surface area contributed by atoms with Crippen molar-refractivity contribution in [2.45, 2.75) is 26.7 Å². The number of benzene rings is 1. The molecule has 0 aliphatic carbocycles. The van der Waals surface area contributed by atoms with E-state index >= 15 is 0 Å². The first kappa shape index (κ1) is 12.2. The van der Waals surface area contributed by atoms with Crippen LogP contribution in [0.4, 0.5) is 0 Å². The number of hydrogen-bond donors (Lipinski definition) is 0. The molecule has 15 heavy (non-hydrogen) atoms. The molecule has 0 bridgehead atoms. The van der Waals surface area contributed by atoms with E-state index in [9.17, 15) is 0 Å². The Hall–Kier alpha value is -0.890. The molecule has 1 atom stereocenters. The van der Waals surface area contributed by atoms with Crippen LogP contribution in [0.15, 0.2) is 30.3 Å². The van der Waals surface area contributed by atoms with Crippen LogP contribution in [-0.4, -0.2) is 23.0 Å². The first-order chi connectivity index (χ1) is 7.20. The third-order valence-corrected chi connectivity index (χ3v) is 3.36. The molecule has 0 radical (unpaired) electrons. The van der Waals surface area contributed by atoms with Gasteiger partial charge in [-0.3, -0.25) is 0 Å². The second-order valence-electron chi connectivity index (χ2n) is 3.64. The van der Waals surface area contributed by atoms with Crippen molar-refractivity contribution in [3.05, 3.63) is 35.9 Å². The van der Waals surface area contributed by atoms with E-state index in [-0.39, 0.29) is 0 Å². The molecule has 0 aliphatic heterocycles. The zero-order valence-corrected chi connectivity index (χ0v) is 10.6. The van der Waals surface area contributed by atoms with Gasteiger partial charge in [0.1, 0.15) is 0 Å². The van der Waals surface area contributed by atoms with Gasteiger partial charge in [-0.05, 0) is 19.4 Å². The number of likely N-dealkylation sites (N-methyl/N-ethyl adjacent to an activating group) is 1. The van der Waals surface area contributed by atoms with E-state index in [1.165, 1.54) is 5.56 Å². The largest absolute Gasteiger partial charge is 0.366 e. The van der Waals surface area contributed by atoms with Crippen molar-refractivity contribution in [2.24, 2.45) is 0 Å². The van der Waals surface area contributed by atoms with Crippen molar-refractivity contribution in [3.63, 3.8) is 0 Å². The smallest absolute Gasteiger partial charge is 0.0852 e. The molecule has 82 valence electrons. The van der Waals surface area contributed by atoms with Crippen molar-refractivity contribution in [3.8, 4) is 0 Å². The predicted octanol–water partition coefficient (Wildman–Crippen LogP) is 3.46. The van der Waals surface area contributed by atoms with Crippen LogP contribution >= 0.6 is 12.2 Å².